The molecule has 0 fully saturated rings. The lowest BCUT2D eigenvalue weighted by Gasteiger charge is -2.23. The highest BCUT2D eigenvalue weighted by molar-refractivity contribution is 6.31. The number of aromatic nitrogens is 4. The van der Waals surface area contributed by atoms with Gasteiger partial charge in [-0.2, -0.15) is 10.2 Å². The molecule has 1 atom stereocenters. The van der Waals surface area contributed by atoms with Crippen molar-refractivity contribution in [2.75, 3.05) is 7.05 Å². The third-order valence-corrected chi connectivity index (χ3v) is 4.03. The molecule has 0 aromatic carbocycles. The van der Waals surface area contributed by atoms with Crippen LogP contribution in [0.2, 0.25) is 10.0 Å². The number of halogens is 2. The van der Waals surface area contributed by atoms with Crippen LogP contribution < -0.4 is 0 Å². The maximum Gasteiger partial charge on any atom is 0.247 e. The lowest BCUT2D eigenvalue weighted by Crippen LogP contribution is -2.34. The molecule has 0 aliphatic rings. The van der Waals surface area contributed by atoms with Crippen molar-refractivity contribution >= 4 is 29.1 Å². The average molecular weight is 344 g/mol. The number of aryl methyl sites for hydroxylation is 1. The van der Waals surface area contributed by atoms with Gasteiger partial charge in [-0.1, -0.05) is 30.1 Å². The normalized spacial score (nSPS) is 12.4. The zero-order valence-electron chi connectivity index (χ0n) is 12.8. The van der Waals surface area contributed by atoms with Gasteiger partial charge in [-0.25, -0.2) is 0 Å². The number of amides is 1. The Hall–Kier alpha value is -1.53. The molecule has 0 saturated heterocycles. The fraction of sp³-hybridized carbons (Fsp3) is 0.500. The molecule has 2 aromatic rings. The molecule has 0 radical (unpaired) electrons. The number of carbonyl (C=O) groups excluding carboxylic acids is 1. The summed E-state index contributed by atoms with van der Waals surface area (Å²) in [5, 5.41) is 9.40. The van der Waals surface area contributed by atoms with Crippen molar-refractivity contribution in [3.63, 3.8) is 0 Å². The average Bonchev–Trinajstić information content (AvgIpc) is 3.07. The van der Waals surface area contributed by atoms with Gasteiger partial charge in [-0.3, -0.25) is 14.2 Å². The van der Waals surface area contributed by atoms with Crippen molar-refractivity contribution in [2.24, 2.45) is 0 Å². The van der Waals surface area contributed by atoms with Gasteiger partial charge in [0, 0.05) is 19.8 Å². The summed E-state index contributed by atoms with van der Waals surface area (Å²) in [5.41, 5.74) is 0.827. The predicted molar refractivity (Wildman–Crippen MR) is 86.0 cm³/mol. The zero-order chi connectivity index (χ0) is 16.3. The van der Waals surface area contributed by atoms with E-state index in [4.69, 9.17) is 23.2 Å². The van der Waals surface area contributed by atoms with Gasteiger partial charge in [-0.15, -0.1) is 0 Å². The predicted octanol–water partition coefficient (Wildman–Crippen LogP) is 3.02. The summed E-state index contributed by atoms with van der Waals surface area (Å²) in [6.45, 7) is 5.03. The maximum absolute atomic E-state index is 12.7. The van der Waals surface area contributed by atoms with Crippen LogP contribution in [0.5, 0.6) is 0 Å². The maximum atomic E-state index is 12.7. The minimum Gasteiger partial charge on any atom is -0.338 e. The van der Waals surface area contributed by atoms with E-state index in [1.165, 1.54) is 6.20 Å². The third-order valence-electron chi connectivity index (χ3n) is 3.52. The molecule has 0 saturated carbocycles. The van der Waals surface area contributed by atoms with Crippen LogP contribution in [0.3, 0.4) is 0 Å². The van der Waals surface area contributed by atoms with Crippen LogP contribution in [0, 0.1) is 0 Å². The smallest absolute Gasteiger partial charge is 0.247 e. The molecule has 1 unspecified atom stereocenters. The van der Waals surface area contributed by atoms with Crippen LogP contribution in [0.15, 0.2) is 18.6 Å². The first kappa shape index (κ1) is 16.8. The third kappa shape index (κ3) is 3.44. The van der Waals surface area contributed by atoms with Crippen molar-refractivity contribution in [1.29, 1.82) is 0 Å². The largest absolute Gasteiger partial charge is 0.338 e. The van der Waals surface area contributed by atoms with Gasteiger partial charge in [-0.05, 0) is 13.3 Å². The molecular weight excluding hydrogens is 325 g/mol. The van der Waals surface area contributed by atoms with Gasteiger partial charge in [0.25, 0.3) is 0 Å². The number of hydrogen-bond donors (Lipinski definition) is 0. The molecule has 22 heavy (non-hydrogen) atoms. The summed E-state index contributed by atoms with van der Waals surface area (Å²) in [6.07, 6.45) is 5.41. The molecular formula is C14H19Cl2N5O. The quantitative estimate of drug-likeness (QED) is 0.809. The van der Waals surface area contributed by atoms with Crippen LogP contribution in [0.25, 0.3) is 0 Å². The SMILES string of the molecule is CCC(C(=O)N(C)Cc1c(Cl)cnn1CC)n1cc(Cl)cn1. The van der Waals surface area contributed by atoms with Gasteiger partial charge in [0.2, 0.25) is 5.91 Å². The standard InChI is InChI=1S/C14H19Cl2N5O/c1-4-12(21-8-10(15)6-17-21)14(22)19(3)9-13-11(16)7-18-20(13)5-2/h6-8,12H,4-5,9H2,1-3H3. The minimum absolute atomic E-state index is 0.0396. The minimum atomic E-state index is -0.380. The number of hydrogen-bond acceptors (Lipinski definition) is 3. The molecule has 0 aliphatic heterocycles. The second kappa shape index (κ2) is 7.15. The first-order valence-electron chi connectivity index (χ1n) is 7.12. The van der Waals surface area contributed by atoms with Crippen molar-refractivity contribution in [3.05, 3.63) is 34.3 Å². The number of likely N-dealkylation sites (N-methyl/N-ethyl adjacent to an activating group) is 1. The molecule has 2 aromatic heterocycles. The summed E-state index contributed by atoms with van der Waals surface area (Å²) in [6, 6.07) is -0.380. The Morgan fingerprint density at radius 2 is 2.05 bits per heavy atom. The van der Waals surface area contributed by atoms with E-state index >= 15 is 0 Å². The Labute approximate surface area is 139 Å². The number of rotatable bonds is 6. The van der Waals surface area contributed by atoms with Gasteiger partial charge in [0.15, 0.2) is 0 Å². The summed E-state index contributed by atoms with van der Waals surface area (Å²) >= 11 is 12.0. The first-order valence-corrected chi connectivity index (χ1v) is 7.88. The van der Waals surface area contributed by atoms with Gasteiger partial charge >= 0.3 is 0 Å². The first-order chi connectivity index (χ1) is 10.5. The van der Waals surface area contributed by atoms with E-state index in [0.29, 0.717) is 29.6 Å². The number of carbonyl (C=O) groups is 1. The molecule has 8 heteroatoms. The molecule has 6 nitrogen and oxygen atoms in total. The molecule has 0 aliphatic carbocycles. The molecule has 0 spiro atoms. The Balaban J connectivity index is 2.15. The second-order valence-corrected chi connectivity index (χ2v) is 5.86. The van der Waals surface area contributed by atoms with Crippen LogP contribution in [0.4, 0.5) is 0 Å². The van der Waals surface area contributed by atoms with E-state index in [2.05, 4.69) is 10.2 Å². The molecule has 120 valence electrons. The number of nitrogens with zero attached hydrogens (tertiary/aromatic N) is 5. The molecule has 0 N–H and O–H groups in total. The van der Waals surface area contributed by atoms with Crippen molar-refractivity contribution in [3.8, 4) is 0 Å². The second-order valence-electron chi connectivity index (χ2n) is 5.01. The van der Waals surface area contributed by atoms with Crippen LogP contribution in [-0.4, -0.2) is 37.4 Å². The van der Waals surface area contributed by atoms with Crippen LogP contribution >= 0.6 is 23.2 Å². The van der Waals surface area contributed by atoms with E-state index < -0.39 is 0 Å². The van der Waals surface area contributed by atoms with E-state index in [1.807, 2.05) is 13.8 Å². The lowest BCUT2D eigenvalue weighted by atomic mass is 10.2. The highest BCUT2D eigenvalue weighted by atomic mass is 35.5. The van der Waals surface area contributed by atoms with Crippen LogP contribution in [0.1, 0.15) is 32.0 Å². The van der Waals surface area contributed by atoms with Crippen molar-refractivity contribution < 1.29 is 4.79 Å². The fourth-order valence-corrected chi connectivity index (χ4v) is 2.68. The Kier molecular flexibility index (Phi) is 5.47. The zero-order valence-corrected chi connectivity index (χ0v) is 14.3. The summed E-state index contributed by atoms with van der Waals surface area (Å²) < 4.78 is 3.39. The molecule has 2 rings (SSSR count). The molecule has 1 amide bonds. The van der Waals surface area contributed by atoms with Gasteiger partial charge in [0.1, 0.15) is 6.04 Å². The van der Waals surface area contributed by atoms with E-state index in [1.54, 1.807) is 33.7 Å². The Bertz CT molecular complexity index is 651. The van der Waals surface area contributed by atoms with Gasteiger partial charge in [0.05, 0.1) is 34.7 Å². The summed E-state index contributed by atoms with van der Waals surface area (Å²) in [5.74, 6) is -0.0396. The monoisotopic (exact) mass is 343 g/mol. The summed E-state index contributed by atoms with van der Waals surface area (Å²) in [4.78, 5) is 14.3. The topological polar surface area (TPSA) is 56.0 Å². The summed E-state index contributed by atoms with van der Waals surface area (Å²) in [7, 11) is 1.75. The highest BCUT2D eigenvalue weighted by Crippen LogP contribution is 2.20. The highest BCUT2D eigenvalue weighted by Gasteiger charge is 2.24. The molecule has 0 bridgehead atoms. The fourth-order valence-electron chi connectivity index (χ4n) is 2.33. The molecule has 2 heterocycles. The van der Waals surface area contributed by atoms with E-state index in [-0.39, 0.29) is 11.9 Å². The lowest BCUT2D eigenvalue weighted by molar-refractivity contribution is -0.134. The van der Waals surface area contributed by atoms with E-state index in [0.717, 1.165) is 5.69 Å². The van der Waals surface area contributed by atoms with E-state index in [9.17, 15) is 4.79 Å². The van der Waals surface area contributed by atoms with Crippen LogP contribution in [-0.2, 0) is 17.9 Å². The van der Waals surface area contributed by atoms with Gasteiger partial charge < -0.3 is 4.90 Å². The van der Waals surface area contributed by atoms with Crippen molar-refractivity contribution in [2.45, 2.75) is 39.4 Å². The van der Waals surface area contributed by atoms with Crippen molar-refractivity contribution in [1.82, 2.24) is 24.5 Å². The Morgan fingerprint density at radius 3 is 2.59 bits per heavy atom. The Morgan fingerprint density at radius 1 is 1.32 bits per heavy atom.